The lowest BCUT2D eigenvalue weighted by molar-refractivity contribution is 0.195. The van der Waals surface area contributed by atoms with Crippen LogP contribution in [-0.2, 0) is 13.0 Å². The fraction of sp³-hybridized carbons (Fsp3) is 0.333. The molecule has 1 nitrogen and oxygen atoms in total. The molecular weight excluding hydrogens is 226 g/mol. The Morgan fingerprint density at radius 2 is 1.94 bits per heavy atom. The first-order chi connectivity index (χ1) is 8.34. The normalized spacial score (nSPS) is 17.7. The van der Waals surface area contributed by atoms with E-state index in [-0.39, 0.29) is 0 Å². The van der Waals surface area contributed by atoms with E-state index in [0.717, 1.165) is 6.54 Å². The molecule has 2 heteroatoms. The number of nitrogens with zero attached hydrogens (tertiary/aromatic N) is 1. The molecule has 2 aromatic rings. The molecule has 0 bridgehead atoms. The van der Waals surface area contributed by atoms with Gasteiger partial charge in [0.05, 0.1) is 0 Å². The van der Waals surface area contributed by atoms with Crippen LogP contribution in [0.2, 0.25) is 0 Å². The van der Waals surface area contributed by atoms with Crippen LogP contribution in [-0.4, -0.2) is 11.4 Å². The Balaban J connectivity index is 1.80. The number of rotatable bonds is 2. The number of thiophene rings is 1. The number of benzene rings is 1. The van der Waals surface area contributed by atoms with Gasteiger partial charge in [-0.1, -0.05) is 30.3 Å². The molecule has 0 aliphatic carbocycles. The first-order valence-electron chi connectivity index (χ1n) is 6.19. The molecule has 2 heterocycles. The van der Waals surface area contributed by atoms with Crippen LogP contribution >= 0.6 is 11.3 Å². The van der Waals surface area contributed by atoms with Gasteiger partial charge in [-0.15, -0.1) is 11.3 Å². The van der Waals surface area contributed by atoms with Gasteiger partial charge in [-0.2, -0.15) is 0 Å². The molecule has 0 fully saturated rings. The van der Waals surface area contributed by atoms with E-state index in [9.17, 15) is 0 Å². The Hall–Kier alpha value is -1.12. The highest BCUT2D eigenvalue weighted by Crippen LogP contribution is 2.29. The highest BCUT2D eigenvalue weighted by Gasteiger charge is 2.21. The van der Waals surface area contributed by atoms with Gasteiger partial charge in [0.15, 0.2) is 0 Å². The van der Waals surface area contributed by atoms with Crippen molar-refractivity contribution in [3.8, 4) is 0 Å². The Kier molecular flexibility index (Phi) is 3.00. The molecule has 1 atom stereocenters. The van der Waals surface area contributed by atoms with Crippen molar-refractivity contribution < 1.29 is 0 Å². The fourth-order valence-electron chi connectivity index (χ4n) is 2.56. The molecule has 88 valence electrons. The summed E-state index contributed by atoms with van der Waals surface area (Å²) in [5, 5.41) is 2.17. The summed E-state index contributed by atoms with van der Waals surface area (Å²) in [6.45, 7) is 4.59. The minimum Gasteiger partial charge on any atom is -0.291 e. The lowest BCUT2D eigenvalue weighted by Crippen LogP contribution is -2.32. The first-order valence-corrected chi connectivity index (χ1v) is 7.07. The molecule has 0 saturated heterocycles. The summed E-state index contributed by atoms with van der Waals surface area (Å²) in [6.07, 6.45) is 1.19. The van der Waals surface area contributed by atoms with Gasteiger partial charge in [-0.05, 0) is 35.9 Å². The van der Waals surface area contributed by atoms with Crippen molar-refractivity contribution in [2.24, 2.45) is 0 Å². The highest BCUT2D eigenvalue weighted by atomic mass is 32.1. The fourth-order valence-corrected chi connectivity index (χ4v) is 3.37. The van der Waals surface area contributed by atoms with E-state index in [0.29, 0.717) is 6.04 Å². The molecule has 1 aromatic heterocycles. The number of hydrogen-bond acceptors (Lipinski definition) is 2. The summed E-state index contributed by atoms with van der Waals surface area (Å²) in [7, 11) is 0. The second-order valence-corrected chi connectivity index (χ2v) is 5.66. The molecule has 0 radical (unpaired) electrons. The smallest absolute Gasteiger partial charge is 0.0416 e. The molecule has 0 N–H and O–H groups in total. The summed E-state index contributed by atoms with van der Waals surface area (Å²) >= 11 is 1.86. The predicted molar refractivity (Wildman–Crippen MR) is 73.3 cm³/mol. The SMILES string of the molecule is CC(c1cccs1)N1CCc2ccccc2C1. The molecule has 1 unspecified atom stereocenters. The van der Waals surface area contributed by atoms with Gasteiger partial charge in [0.2, 0.25) is 0 Å². The zero-order valence-corrected chi connectivity index (χ0v) is 10.9. The summed E-state index contributed by atoms with van der Waals surface area (Å²) in [5.74, 6) is 0. The predicted octanol–water partition coefficient (Wildman–Crippen LogP) is 3.87. The molecule has 0 saturated carbocycles. The van der Waals surface area contributed by atoms with E-state index in [4.69, 9.17) is 0 Å². The van der Waals surface area contributed by atoms with Crippen LogP contribution in [0.5, 0.6) is 0 Å². The van der Waals surface area contributed by atoms with Crippen molar-refractivity contribution in [1.82, 2.24) is 4.90 Å². The van der Waals surface area contributed by atoms with Crippen molar-refractivity contribution in [3.63, 3.8) is 0 Å². The third-order valence-electron chi connectivity index (χ3n) is 3.66. The van der Waals surface area contributed by atoms with Gasteiger partial charge < -0.3 is 0 Å². The van der Waals surface area contributed by atoms with Crippen molar-refractivity contribution >= 4 is 11.3 Å². The first kappa shape index (κ1) is 11.0. The minimum absolute atomic E-state index is 0.545. The monoisotopic (exact) mass is 243 g/mol. The average molecular weight is 243 g/mol. The maximum absolute atomic E-state index is 2.58. The quantitative estimate of drug-likeness (QED) is 0.774. The van der Waals surface area contributed by atoms with E-state index < -0.39 is 0 Å². The van der Waals surface area contributed by atoms with Gasteiger partial charge in [-0.25, -0.2) is 0 Å². The molecule has 0 spiro atoms. The van der Waals surface area contributed by atoms with Crippen LogP contribution in [0.3, 0.4) is 0 Å². The molecule has 0 amide bonds. The molecule has 3 rings (SSSR count). The van der Waals surface area contributed by atoms with Crippen molar-refractivity contribution in [2.45, 2.75) is 25.9 Å². The highest BCUT2D eigenvalue weighted by molar-refractivity contribution is 7.10. The van der Waals surface area contributed by atoms with E-state index in [1.807, 2.05) is 11.3 Å². The van der Waals surface area contributed by atoms with Gasteiger partial charge in [0, 0.05) is 24.0 Å². The lowest BCUT2D eigenvalue weighted by Gasteiger charge is -2.33. The molecular formula is C15H17NS. The summed E-state index contributed by atoms with van der Waals surface area (Å²) < 4.78 is 0. The van der Waals surface area contributed by atoms with Crippen LogP contribution in [0.15, 0.2) is 41.8 Å². The van der Waals surface area contributed by atoms with E-state index >= 15 is 0 Å². The van der Waals surface area contributed by atoms with Gasteiger partial charge in [-0.3, -0.25) is 4.90 Å². The maximum atomic E-state index is 2.58. The Morgan fingerprint density at radius 3 is 2.71 bits per heavy atom. The third kappa shape index (κ3) is 2.15. The summed E-state index contributed by atoms with van der Waals surface area (Å²) in [6, 6.07) is 13.8. The van der Waals surface area contributed by atoms with E-state index in [1.54, 1.807) is 0 Å². The summed E-state index contributed by atoms with van der Waals surface area (Å²) in [5.41, 5.74) is 3.03. The van der Waals surface area contributed by atoms with Crippen LogP contribution in [0, 0.1) is 0 Å². The van der Waals surface area contributed by atoms with Crippen LogP contribution < -0.4 is 0 Å². The Labute approximate surface area is 107 Å². The van der Waals surface area contributed by atoms with Gasteiger partial charge in [0.1, 0.15) is 0 Å². The largest absolute Gasteiger partial charge is 0.291 e. The molecule has 1 aromatic carbocycles. The summed E-state index contributed by atoms with van der Waals surface area (Å²) in [4.78, 5) is 4.05. The standard InChI is InChI=1S/C15H17NS/c1-12(15-7-4-10-17-15)16-9-8-13-5-2-3-6-14(13)11-16/h2-7,10,12H,8-9,11H2,1H3. The number of fused-ring (bicyclic) bond motifs is 1. The minimum atomic E-state index is 0.545. The van der Waals surface area contributed by atoms with Crippen molar-refractivity contribution in [1.29, 1.82) is 0 Å². The Bertz CT molecular complexity index is 489. The Morgan fingerprint density at radius 1 is 1.12 bits per heavy atom. The van der Waals surface area contributed by atoms with E-state index in [2.05, 4.69) is 53.6 Å². The maximum Gasteiger partial charge on any atom is 0.0416 e. The average Bonchev–Trinajstić information content (AvgIpc) is 2.91. The number of hydrogen-bond donors (Lipinski definition) is 0. The lowest BCUT2D eigenvalue weighted by atomic mass is 9.98. The zero-order chi connectivity index (χ0) is 11.7. The van der Waals surface area contributed by atoms with Gasteiger partial charge >= 0.3 is 0 Å². The van der Waals surface area contributed by atoms with Gasteiger partial charge in [0.25, 0.3) is 0 Å². The molecule has 1 aliphatic heterocycles. The second-order valence-electron chi connectivity index (χ2n) is 4.68. The van der Waals surface area contributed by atoms with Crippen LogP contribution in [0.25, 0.3) is 0 Å². The van der Waals surface area contributed by atoms with Crippen molar-refractivity contribution in [2.75, 3.05) is 6.54 Å². The van der Waals surface area contributed by atoms with E-state index in [1.165, 1.54) is 29.0 Å². The third-order valence-corrected chi connectivity index (χ3v) is 4.71. The zero-order valence-electron chi connectivity index (χ0n) is 10.1. The topological polar surface area (TPSA) is 3.24 Å². The van der Waals surface area contributed by atoms with Crippen molar-refractivity contribution in [3.05, 3.63) is 57.8 Å². The molecule has 17 heavy (non-hydrogen) atoms. The molecule has 1 aliphatic rings. The van der Waals surface area contributed by atoms with Crippen LogP contribution in [0.1, 0.15) is 29.0 Å². The second kappa shape index (κ2) is 4.63. The van der Waals surface area contributed by atoms with Crippen LogP contribution in [0.4, 0.5) is 0 Å².